The highest BCUT2D eigenvalue weighted by molar-refractivity contribution is 9.10. The van der Waals surface area contributed by atoms with Gasteiger partial charge < -0.3 is 4.74 Å². The van der Waals surface area contributed by atoms with Crippen LogP contribution in [0, 0.1) is 19.7 Å². The highest BCUT2D eigenvalue weighted by Crippen LogP contribution is 2.44. The molecule has 0 aliphatic carbocycles. The molecule has 2 aromatic rings. The standard InChI is InChI=1S/C16H14Br2ClFO/c1-8-7-11(17)9(2)13(16(8)21-3)14(18)10-5-4-6-12(20)15(10)19/h4-7,14H,1-3H3. The molecule has 0 aliphatic rings. The van der Waals surface area contributed by atoms with Gasteiger partial charge in [0.25, 0.3) is 0 Å². The summed E-state index contributed by atoms with van der Waals surface area (Å²) in [6, 6.07) is 6.81. The number of hydrogen-bond acceptors (Lipinski definition) is 1. The SMILES string of the molecule is COc1c(C)cc(Br)c(C)c1C(Br)c1cccc(F)c1Cl. The minimum atomic E-state index is -0.429. The van der Waals surface area contributed by atoms with Crippen LogP contribution in [0.3, 0.4) is 0 Å². The molecule has 112 valence electrons. The molecular weight excluding hydrogens is 422 g/mol. The van der Waals surface area contributed by atoms with Crippen molar-refractivity contribution in [3.8, 4) is 5.75 Å². The van der Waals surface area contributed by atoms with Gasteiger partial charge in [-0.1, -0.05) is 55.6 Å². The zero-order valence-corrected chi connectivity index (χ0v) is 15.7. The molecule has 0 amide bonds. The number of benzene rings is 2. The van der Waals surface area contributed by atoms with E-state index in [0.29, 0.717) is 5.56 Å². The van der Waals surface area contributed by atoms with Crippen LogP contribution in [0.1, 0.15) is 27.1 Å². The molecule has 21 heavy (non-hydrogen) atoms. The quantitative estimate of drug-likeness (QED) is 0.510. The van der Waals surface area contributed by atoms with Crippen molar-refractivity contribution in [3.63, 3.8) is 0 Å². The van der Waals surface area contributed by atoms with Crippen LogP contribution in [0.5, 0.6) is 5.75 Å². The predicted octanol–water partition coefficient (Wildman–Crippen LogP) is 6.35. The molecule has 0 N–H and O–H groups in total. The predicted molar refractivity (Wildman–Crippen MR) is 92.3 cm³/mol. The van der Waals surface area contributed by atoms with E-state index in [4.69, 9.17) is 16.3 Å². The van der Waals surface area contributed by atoms with Crippen LogP contribution in [0.15, 0.2) is 28.7 Å². The molecule has 1 nitrogen and oxygen atoms in total. The van der Waals surface area contributed by atoms with Gasteiger partial charge in [-0.05, 0) is 42.7 Å². The Kier molecular flexibility index (Phi) is 5.33. The average Bonchev–Trinajstić information content (AvgIpc) is 2.44. The first-order valence-corrected chi connectivity index (χ1v) is 8.38. The van der Waals surface area contributed by atoms with Crippen molar-refractivity contribution in [3.05, 3.63) is 61.8 Å². The van der Waals surface area contributed by atoms with Gasteiger partial charge in [0, 0.05) is 10.0 Å². The Morgan fingerprint density at radius 2 is 1.95 bits per heavy atom. The first-order valence-electron chi connectivity index (χ1n) is 6.30. The number of halogens is 4. The number of methoxy groups -OCH3 is 1. The third-order valence-electron chi connectivity index (χ3n) is 3.42. The van der Waals surface area contributed by atoms with E-state index in [2.05, 4.69) is 31.9 Å². The minimum Gasteiger partial charge on any atom is -0.496 e. The molecular formula is C16H14Br2ClFO. The van der Waals surface area contributed by atoms with Crippen LogP contribution < -0.4 is 4.74 Å². The Hall–Kier alpha value is -0.580. The van der Waals surface area contributed by atoms with Crippen LogP contribution in [-0.4, -0.2) is 7.11 Å². The molecule has 0 aliphatic heterocycles. The summed E-state index contributed by atoms with van der Waals surface area (Å²) in [5, 5.41) is 0.124. The molecule has 0 heterocycles. The van der Waals surface area contributed by atoms with Gasteiger partial charge in [0.05, 0.1) is 17.0 Å². The van der Waals surface area contributed by atoms with Crippen molar-refractivity contribution >= 4 is 43.5 Å². The van der Waals surface area contributed by atoms with E-state index in [-0.39, 0.29) is 9.85 Å². The number of hydrogen-bond donors (Lipinski definition) is 0. The third-order valence-corrected chi connectivity index (χ3v) is 5.59. The van der Waals surface area contributed by atoms with Gasteiger partial charge in [-0.15, -0.1) is 0 Å². The molecule has 1 atom stereocenters. The highest BCUT2D eigenvalue weighted by Gasteiger charge is 2.24. The fraction of sp³-hybridized carbons (Fsp3) is 0.250. The number of ether oxygens (including phenoxy) is 1. The fourth-order valence-electron chi connectivity index (χ4n) is 2.32. The van der Waals surface area contributed by atoms with Gasteiger partial charge in [-0.3, -0.25) is 0 Å². The summed E-state index contributed by atoms with van der Waals surface area (Å²) < 4.78 is 20.2. The summed E-state index contributed by atoms with van der Waals surface area (Å²) in [4.78, 5) is -0.258. The summed E-state index contributed by atoms with van der Waals surface area (Å²) in [6.07, 6.45) is 0. The largest absolute Gasteiger partial charge is 0.496 e. The van der Waals surface area contributed by atoms with Gasteiger partial charge >= 0.3 is 0 Å². The van der Waals surface area contributed by atoms with E-state index in [9.17, 15) is 4.39 Å². The zero-order chi connectivity index (χ0) is 15.7. The van der Waals surface area contributed by atoms with E-state index in [1.807, 2.05) is 19.9 Å². The minimum absolute atomic E-state index is 0.124. The summed E-state index contributed by atoms with van der Waals surface area (Å²) in [5.74, 6) is 0.347. The van der Waals surface area contributed by atoms with Crippen LogP contribution in [0.2, 0.25) is 5.02 Å². The van der Waals surface area contributed by atoms with Gasteiger partial charge in [0.2, 0.25) is 0 Å². The molecule has 0 bridgehead atoms. The maximum atomic E-state index is 13.7. The lowest BCUT2D eigenvalue weighted by atomic mass is 9.97. The molecule has 0 saturated carbocycles. The molecule has 2 aromatic carbocycles. The maximum absolute atomic E-state index is 13.7. The molecule has 0 radical (unpaired) electrons. The van der Waals surface area contributed by atoms with E-state index >= 15 is 0 Å². The number of rotatable bonds is 3. The van der Waals surface area contributed by atoms with Gasteiger partial charge in [-0.2, -0.15) is 0 Å². The van der Waals surface area contributed by atoms with Crippen LogP contribution in [0.4, 0.5) is 4.39 Å². The van der Waals surface area contributed by atoms with Gasteiger partial charge in [-0.25, -0.2) is 4.39 Å². The second kappa shape index (κ2) is 6.67. The number of alkyl halides is 1. The summed E-state index contributed by atoms with van der Waals surface area (Å²) in [6.45, 7) is 3.96. The van der Waals surface area contributed by atoms with Gasteiger partial charge in [0.1, 0.15) is 11.6 Å². The molecule has 0 spiro atoms. The third kappa shape index (κ3) is 3.13. The Bertz CT molecular complexity index is 688. The van der Waals surface area contributed by atoms with Crippen molar-refractivity contribution in [2.45, 2.75) is 18.7 Å². The maximum Gasteiger partial charge on any atom is 0.142 e. The second-order valence-corrected chi connectivity index (χ2v) is 6.90. The van der Waals surface area contributed by atoms with Crippen LogP contribution >= 0.6 is 43.5 Å². The Morgan fingerprint density at radius 3 is 2.57 bits per heavy atom. The highest BCUT2D eigenvalue weighted by atomic mass is 79.9. The fourth-order valence-corrected chi connectivity index (χ4v) is 4.18. The topological polar surface area (TPSA) is 9.23 Å². The molecule has 0 fully saturated rings. The van der Waals surface area contributed by atoms with Crippen molar-refractivity contribution in [2.75, 3.05) is 7.11 Å². The van der Waals surface area contributed by atoms with Crippen molar-refractivity contribution in [1.82, 2.24) is 0 Å². The lowest BCUT2D eigenvalue weighted by Crippen LogP contribution is -2.04. The molecule has 0 saturated heterocycles. The lowest BCUT2D eigenvalue weighted by molar-refractivity contribution is 0.406. The molecule has 0 aromatic heterocycles. The van der Waals surface area contributed by atoms with Crippen molar-refractivity contribution in [2.24, 2.45) is 0 Å². The van der Waals surface area contributed by atoms with Crippen LogP contribution in [0.25, 0.3) is 0 Å². The van der Waals surface area contributed by atoms with E-state index < -0.39 is 5.82 Å². The zero-order valence-electron chi connectivity index (χ0n) is 11.8. The summed E-state index contributed by atoms with van der Waals surface area (Å²) in [5.41, 5.74) is 3.65. The van der Waals surface area contributed by atoms with Crippen molar-refractivity contribution < 1.29 is 9.13 Å². The van der Waals surface area contributed by atoms with Crippen molar-refractivity contribution in [1.29, 1.82) is 0 Å². The second-order valence-electron chi connectivity index (χ2n) is 4.75. The first kappa shape index (κ1) is 16.8. The van der Waals surface area contributed by atoms with E-state index in [1.54, 1.807) is 19.2 Å². The Labute approximate surface area is 145 Å². The monoisotopic (exact) mass is 434 g/mol. The Balaban J connectivity index is 2.68. The smallest absolute Gasteiger partial charge is 0.142 e. The van der Waals surface area contributed by atoms with Crippen LogP contribution in [-0.2, 0) is 0 Å². The normalized spacial score (nSPS) is 12.3. The molecule has 2 rings (SSSR count). The first-order chi connectivity index (χ1) is 9.88. The lowest BCUT2D eigenvalue weighted by Gasteiger charge is -2.21. The molecule has 1 unspecified atom stereocenters. The van der Waals surface area contributed by atoms with Gasteiger partial charge in [0.15, 0.2) is 0 Å². The average molecular weight is 437 g/mol. The van der Waals surface area contributed by atoms with E-state index in [0.717, 1.165) is 26.9 Å². The Morgan fingerprint density at radius 1 is 1.29 bits per heavy atom. The summed E-state index contributed by atoms with van der Waals surface area (Å²) in [7, 11) is 1.63. The van der Waals surface area contributed by atoms with E-state index in [1.165, 1.54) is 6.07 Å². The summed E-state index contributed by atoms with van der Waals surface area (Å²) >= 11 is 13.3. The molecule has 5 heteroatoms. The number of aryl methyl sites for hydroxylation is 1.